The summed E-state index contributed by atoms with van der Waals surface area (Å²) in [6.07, 6.45) is 1.47. The van der Waals surface area contributed by atoms with E-state index in [4.69, 9.17) is 18.0 Å². The molecule has 0 bridgehead atoms. The quantitative estimate of drug-likeness (QED) is 0.0973. The van der Waals surface area contributed by atoms with E-state index in [1.807, 2.05) is 0 Å². The topological polar surface area (TPSA) is 205 Å². The fourth-order valence-electron chi connectivity index (χ4n) is 5.82. The number of ether oxygens (including phenoxy) is 1. The van der Waals surface area contributed by atoms with E-state index in [-0.39, 0.29) is 85.1 Å². The zero-order valence-corrected chi connectivity index (χ0v) is 24.3. The molecule has 0 saturated carbocycles. The number of phenols is 4. The fourth-order valence-corrected chi connectivity index (χ4v) is 5.82. The number of carbonyl (C=O) groups is 1. The van der Waals surface area contributed by atoms with Crippen LogP contribution in [0.5, 0.6) is 34.5 Å². The molecule has 0 fully saturated rings. The van der Waals surface area contributed by atoms with Crippen LogP contribution in [0.2, 0.25) is 0 Å². The first kappa shape index (κ1) is 28.4. The summed E-state index contributed by atoms with van der Waals surface area (Å²) in [7, 11) is 0. The highest BCUT2D eigenvalue weighted by molar-refractivity contribution is 6.04. The van der Waals surface area contributed by atoms with Gasteiger partial charge in [0.2, 0.25) is 0 Å². The van der Waals surface area contributed by atoms with Crippen LogP contribution in [0.15, 0.2) is 92.1 Å². The van der Waals surface area contributed by atoms with Crippen molar-refractivity contribution in [1.82, 2.24) is 0 Å². The summed E-state index contributed by atoms with van der Waals surface area (Å²) >= 11 is 0. The molecule has 3 aliphatic rings. The average molecular weight is 646 g/mol. The van der Waals surface area contributed by atoms with Gasteiger partial charge >= 0.3 is 17.3 Å². The lowest BCUT2D eigenvalue weighted by atomic mass is 9.98. The summed E-state index contributed by atoms with van der Waals surface area (Å²) in [6.45, 7) is 0. The summed E-state index contributed by atoms with van der Waals surface area (Å²) in [5, 5.41) is 73.3. The van der Waals surface area contributed by atoms with Crippen LogP contribution in [-0.4, -0.2) is 41.7 Å². The van der Waals surface area contributed by atoms with E-state index in [0.29, 0.717) is 22.1 Å². The normalized spacial score (nSPS) is 13.0. The van der Waals surface area contributed by atoms with Crippen molar-refractivity contribution in [2.45, 2.75) is 0 Å². The van der Waals surface area contributed by atoms with Gasteiger partial charge in [-0.15, -0.1) is 0 Å². The molecule has 4 aromatic carbocycles. The molecule has 0 aliphatic carbocycles. The SMILES string of the molecule is O=C(O)c1cc(C2=C(O)c3cc(C=c4cc5c(O)c(-c6ccc(O)cc6)oc6cc(O)cc(o4)c6-5)[o+]c4cc(O)cc(c34)O2)ccc1O. The zero-order chi connectivity index (χ0) is 33.4. The molecule has 12 nitrogen and oxygen atoms in total. The van der Waals surface area contributed by atoms with Crippen molar-refractivity contribution in [3.63, 3.8) is 0 Å². The van der Waals surface area contributed by atoms with Gasteiger partial charge in [0.15, 0.2) is 23.0 Å². The Kier molecular flexibility index (Phi) is 6.05. The Bertz CT molecular complexity index is 2570. The molecule has 0 saturated heterocycles. The third-order valence-electron chi connectivity index (χ3n) is 7.94. The van der Waals surface area contributed by atoms with E-state index in [1.54, 1.807) is 12.1 Å². The molecule has 0 spiro atoms. The molecule has 0 amide bonds. The molecule has 5 aromatic rings. The number of aliphatic hydroxyl groups excluding tert-OH is 1. The van der Waals surface area contributed by atoms with Crippen LogP contribution in [-0.2, 0) is 0 Å². The largest absolute Gasteiger partial charge is 0.508 e. The van der Waals surface area contributed by atoms with Crippen LogP contribution in [0.4, 0.5) is 0 Å². The van der Waals surface area contributed by atoms with Gasteiger partial charge in [-0.1, -0.05) is 0 Å². The second-order valence-electron chi connectivity index (χ2n) is 11.0. The van der Waals surface area contributed by atoms with Gasteiger partial charge in [0, 0.05) is 34.9 Å². The smallest absolute Gasteiger partial charge is 0.369 e. The van der Waals surface area contributed by atoms with Crippen molar-refractivity contribution in [1.29, 1.82) is 0 Å². The molecular weight excluding hydrogens is 624 g/mol. The van der Waals surface area contributed by atoms with Gasteiger partial charge in [0.1, 0.15) is 56.3 Å². The molecule has 1 aromatic heterocycles. The number of rotatable bonds is 4. The van der Waals surface area contributed by atoms with Crippen LogP contribution >= 0.6 is 0 Å². The number of phenolic OH excluding ortho intramolecular Hbond substituents is 3. The minimum Gasteiger partial charge on any atom is -0.508 e. The Morgan fingerprint density at radius 2 is 1.42 bits per heavy atom. The first-order valence-electron chi connectivity index (χ1n) is 14.3. The van der Waals surface area contributed by atoms with Crippen LogP contribution in [0.25, 0.3) is 62.2 Å². The van der Waals surface area contributed by atoms with Crippen LogP contribution in [0, 0.1) is 0 Å². The summed E-state index contributed by atoms with van der Waals surface area (Å²) < 4.78 is 24.0. The van der Waals surface area contributed by atoms with Crippen molar-refractivity contribution in [3.05, 3.63) is 107 Å². The molecule has 0 radical (unpaired) electrons. The van der Waals surface area contributed by atoms with E-state index >= 15 is 0 Å². The molecular formula is C36H21O12+. The van der Waals surface area contributed by atoms with Gasteiger partial charge < -0.3 is 49.3 Å². The average Bonchev–Trinajstić information content (AvgIpc) is 3.04. The van der Waals surface area contributed by atoms with Crippen LogP contribution in [0.1, 0.15) is 27.2 Å². The number of hydrogen-bond donors (Lipinski definition) is 7. The zero-order valence-electron chi connectivity index (χ0n) is 24.3. The fraction of sp³-hybridized carbons (Fsp3) is 0. The maximum atomic E-state index is 11.7. The minimum absolute atomic E-state index is 0.0247. The van der Waals surface area contributed by atoms with E-state index in [0.717, 1.165) is 12.1 Å². The first-order chi connectivity index (χ1) is 23.0. The van der Waals surface area contributed by atoms with Gasteiger partial charge in [0.25, 0.3) is 0 Å². The Hall–Kier alpha value is -7.08. The molecule has 48 heavy (non-hydrogen) atoms. The summed E-state index contributed by atoms with van der Waals surface area (Å²) in [4.78, 5) is 11.7. The van der Waals surface area contributed by atoms with Gasteiger partial charge in [-0.05, 0) is 48.5 Å². The van der Waals surface area contributed by atoms with Crippen molar-refractivity contribution in [2.24, 2.45) is 0 Å². The lowest BCUT2D eigenvalue weighted by Gasteiger charge is -2.19. The van der Waals surface area contributed by atoms with E-state index in [2.05, 4.69) is 0 Å². The van der Waals surface area contributed by atoms with Crippen molar-refractivity contribution >= 4 is 45.7 Å². The number of benzene rings is 4. The summed E-state index contributed by atoms with van der Waals surface area (Å²) in [5.41, 5.74) is 1.80. The lowest BCUT2D eigenvalue weighted by molar-refractivity contribution is 0.0693. The van der Waals surface area contributed by atoms with Crippen molar-refractivity contribution in [2.75, 3.05) is 0 Å². The lowest BCUT2D eigenvalue weighted by Crippen LogP contribution is -2.08. The molecule has 3 aliphatic heterocycles. The first-order valence-corrected chi connectivity index (χ1v) is 14.3. The molecule has 12 heteroatoms. The molecule has 8 rings (SSSR count). The minimum atomic E-state index is -1.39. The second-order valence-corrected chi connectivity index (χ2v) is 11.0. The highest BCUT2D eigenvalue weighted by Gasteiger charge is 2.32. The third-order valence-corrected chi connectivity index (χ3v) is 7.94. The molecule has 4 heterocycles. The van der Waals surface area contributed by atoms with Gasteiger partial charge in [0.05, 0.1) is 29.3 Å². The van der Waals surface area contributed by atoms with Gasteiger partial charge in [-0.2, -0.15) is 0 Å². The molecule has 7 N–H and O–H groups in total. The monoisotopic (exact) mass is 645 g/mol. The maximum absolute atomic E-state index is 11.7. The predicted molar refractivity (Wildman–Crippen MR) is 171 cm³/mol. The van der Waals surface area contributed by atoms with Crippen LogP contribution < -0.4 is 10.2 Å². The highest BCUT2D eigenvalue weighted by atomic mass is 16.5. The number of aromatic carboxylic acids is 1. The van der Waals surface area contributed by atoms with E-state index in [1.165, 1.54) is 60.7 Å². The Morgan fingerprint density at radius 3 is 2.17 bits per heavy atom. The number of carboxylic acids is 1. The summed E-state index contributed by atoms with van der Waals surface area (Å²) in [5.74, 6) is -2.63. The van der Waals surface area contributed by atoms with Gasteiger partial charge in [-0.25, -0.2) is 9.21 Å². The standard InChI is InChI=1S/C36H20O12/c37-17-4-1-15(2-5-17)34-32(41)23-13-20(45-26-8-18(38)10-28(47-34)30(23)26)12-21-14-24-31-27(46-21)9-19(39)11-29(31)48-35(33(24)42)16-3-6-25(40)22(7-16)36(43)44/h1-14H,(H6-,37,38,39,40,41,42,43,44)/p+1. The third kappa shape index (κ3) is 4.47. The molecule has 0 unspecified atom stereocenters. The highest BCUT2D eigenvalue weighted by Crippen LogP contribution is 2.47. The summed E-state index contributed by atoms with van der Waals surface area (Å²) in [6, 6.07) is 18.1. The van der Waals surface area contributed by atoms with E-state index in [9.17, 15) is 40.5 Å². The Morgan fingerprint density at radius 1 is 0.708 bits per heavy atom. The number of aromatic hydroxyl groups is 5. The van der Waals surface area contributed by atoms with Gasteiger partial charge in [-0.3, -0.25) is 0 Å². The number of carboxylic acid groups (broad SMARTS) is 1. The Balaban J connectivity index is 1.35. The second kappa shape index (κ2) is 10.2. The van der Waals surface area contributed by atoms with Crippen molar-refractivity contribution < 1.29 is 58.5 Å². The predicted octanol–water partition coefficient (Wildman–Crippen LogP) is 6.94. The number of hydrogen-bond acceptors (Lipinski definition) is 10. The molecule has 236 valence electrons. The number of aliphatic hydroxyl groups is 1. The van der Waals surface area contributed by atoms with E-state index < -0.39 is 17.3 Å². The maximum Gasteiger partial charge on any atom is 0.369 e. The van der Waals surface area contributed by atoms with Crippen LogP contribution in [0.3, 0.4) is 0 Å². The molecule has 0 atom stereocenters. The Labute approximate surface area is 267 Å². The van der Waals surface area contributed by atoms with Crippen molar-refractivity contribution in [3.8, 4) is 56.9 Å².